The Morgan fingerprint density at radius 1 is 1.22 bits per heavy atom. The molecule has 2 aliphatic heterocycles. The van der Waals surface area contributed by atoms with Gasteiger partial charge in [-0.25, -0.2) is 4.79 Å². The molecule has 0 radical (unpaired) electrons. The summed E-state index contributed by atoms with van der Waals surface area (Å²) >= 11 is 0. The van der Waals surface area contributed by atoms with Crippen molar-refractivity contribution < 1.29 is 14.3 Å². The molecule has 0 aromatic rings. The van der Waals surface area contributed by atoms with Gasteiger partial charge in [0, 0.05) is 26.3 Å². The van der Waals surface area contributed by atoms with E-state index in [1.807, 2.05) is 4.90 Å². The molecule has 23 heavy (non-hydrogen) atoms. The minimum atomic E-state index is -0.199. The molecule has 0 aromatic carbocycles. The van der Waals surface area contributed by atoms with E-state index in [1.165, 1.54) is 19.3 Å². The lowest BCUT2D eigenvalue weighted by Crippen LogP contribution is -2.56. The van der Waals surface area contributed by atoms with Gasteiger partial charge in [0.25, 0.3) is 0 Å². The first-order chi connectivity index (χ1) is 11.0. The van der Waals surface area contributed by atoms with Crippen LogP contribution >= 0.6 is 0 Å². The molecule has 132 valence electrons. The van der Waals surface area contributed by atoms with Gasteiger partial charge < -0.3 is 19.7 Å². The van der Waals surface area contributed by atoms with E-state index in [0.29, 0.717) is 6.54 Å². The van der Waals surface area contributed by atoms with E-state index < -0.39 is 0 Å². The standard InChI is InChI=1S/C18H32N2O3/c1-17(22-2)8-6-11-20(14-17)16(21)19-15-7-12-23-18(13-15)9-4-3-5-10-18/h15H,3-14H2,1-2H3,(H,19,21). The van der Waals surface area contributed by atoms with Gasteiger partial charge in [0.2, 0.25) is 0 Å². The van der Waals surface area contributed by atoms with Crippen molar-refractivity contribution in [2.75, 3.05) is 26.8 Å². The largest absolute Gasteiger partial charge is 0.377 e. The summed E-state index contributed by atoms with van der Waals surface area (Å²) in [6, 6.07) is 0.330. The van der Waals surface area contributed by atoms with Gasteiger partial charge in [-0.05, 0) is 45.4 Å². The molecule has 2 unspecified atom stereocenters. The maximum absolute atomic E-state index is 12.7. The minimum Gasteiger partial charge on any atom is -0.377 e. The van der Waals surface area contributed by atoms with Gasteiger partial charge in [-0.2, -0.15) is 0 Å². The van der Waals surface area contributed by atoms with Gasteiger partial charge in [-0.1, -0.05) is 19.3 Å². The number of rotatable bonds is 2. The number of ether oxygens (including phenoxy) is 2. The van der Waals surface area contributed by atoms with Crippen molar-refractivity contribution in [3.63, 3.8) is 0 Å². The van der Waals surface area contributed by atoms with Gasteiger partial charge in [-0.3, -0.25) is 0 Å². The number of hydrogen-bond donors (Lipinski definition) is 1. The van der Waals surface area contributed by atoms with Gasteiger partial charge in [0.05, 0.1) is 17.7 Å². The first kappa shape index (κ1) is 17.0. The molecule has 5 nitrogen and oxygen atoms in total. The van der Waals surface area contributed by atoms with E-state index in [4.69, 9.17) is 9.47 Å². The second-order valence-corrected chi connectivity index (χ2v) is 7.91. The number of piperidine rings is 1. The van der Waals surface area contributed by atoms with Crippen LogP contribution in [-0.4, -0.2) is 55.0 Å². The summed E-state index contributed by atoms with van der Waals surface area (Å²) < 4.78 is 11.7. The third-order valence-corrected chi connectivity index (χ3v) is 6.02. The molecule has 1 N–H and O–H groups in total. The fraction of sp³-hybridized carbons (Fsp3) is 0.944. The Labute approximate surface area is 140 Å². The number of nitrogens with one attached hydrogen (secondary N) is 1. The monoisotopic (exact) mass is 324 g/mol. The first-order valence-corrected chi connectivity index (χ1v) is 9.29. The Balaban J connectivity index is 1.55. The van der Waals surface area contributed by atoms with Crippen molar-refractivity contribution in [1.82, 2.24) is 10.2 Å². The van der Waals surface area contributed by atoms with E-state index in [1.54, 1.807) is 7.11 Å². The van der Waals surface area contributed by atoms with Gasteiger partial charge in [0.15, 0.2) is 0 Å². The highest BCUT2D eigenvalue weighted by atomic mass is 16.5. The number of carbonyl (C=O) groups is 1. The summed E-state index contributed by atoms with van der Waals surface area (Å²) in [7, 11) is 1.74. The van der Waals surface area contributed by atoms with Crippen LogP contribution in [0.25, 0.3) is 0 Å². The zero-order valence-corrected chi connectivity index (χ0v) is 14.7. The molecule has 1 saturated carbocycles. The number of hydrogen-bond acceptors (Lipinski definition) is 3. The Morgan fingerprint density at radius 2 is 2.00 bits per heavy atom. The van der Waals surface area contributed by atoms with Crippen LogP contribution in [-0.2, 0) is 9.47 Å². The lowest BCUT2D eigenvalue weighted by atomic mass is 9.78. The van der Waals surface area contributed by atoms with Crippen molar-refractivity contribution in [1.29, 1.82) is 0 Å². The maximum atomic E-state index is 12.7. The molecular formula is C18H32N2O3. The topological polar surface area (TPSA) is 50.8 Å². The van der Waals surface area contributed by atoms with Crippen LogP contribution in [0.5, 0.6) is 0 Å². The summed E-state index contributed by atoms with van der Waals surface area (Å²) in [5.41, 5.74) is -0.159. The average molecular weight is 324 g/mol. The zero-order chi connectivity index (χ0) is 16.3. The van der Waals surface area contributed by atoms with Crippen LogP contribution in [0.15, 0.2) is 0 Å². The molecule has 5 heteroatoms. The molecule has 0 aromatic heterocycles. The molecule has 3 rings (SSSR count). The summed E-state index contributed by atoms with van der Waals surface area (Å²) in [6.45, 7) is 4.39. The molecule has 2 atom stereocenters. The molecule has 2 saturated heterocycles. The number of amides is 2. The summed E-state index contributed by atoms with van der Waals surface area (Å²) in [5, 5.41) is 3.27. The van der Waals surface area contributed by atoms with E-state index in [0.717, 1.165) is 51.7 Å². The number of carbonyl (C=O) groups excluding carboxylic acids is 1. The minimum absolute atomic E-state index is 0.0391. The summed E-state index contributed by atoms with van der Waals surface area (Å²) in [6.07, 6.45) is 10.1. The van der Waals surface area contributed by atoms with E-state index in [9.17, 15) is 4.79 Å². The second kappa shape index (κ2) is 6.98. The van der Waals surface area contributed by atoms with E-state index >= 15 is 0 Å². The first-order valence-electron chi connectivity index (χ1n) is 9.29. The van der Waals surface area contributed by atoms with E-state index in [2.05, 4.69) is 12.2 Å². The highest BCUT2D eigenvalue weighted by molar-refractivity contribution is 5.74. The molecular weight excluding hydrogens is 292 g/mol. The van der Waals surface area contributed by atoms with Crippen LogP contribution in [0.4, 0.5) is 4.79 Å². The van der Waals surface area contributed by atoms with Crippen LogP contribution in [0.2, 0.25) is 0 Å². The molecule has 1 aliphatic carbocycles. The number of urea groups is 1. The maximum Gasteiger partial charge on any atom is 0.317 e. The van der Waals surface area contributed by atoms with Crippen molar-refractivity contribution in [2.24, 2.45) is 0 Å². The van der Waals surface area contributed by atoms with Gasteiger partial charge in [0.1, 0.15) is 0 Å². The Bertz CT molecular complexity index is 417. The van der Waals surface area contributed by atoms with Crippen molar-refractivity contribution in [3.05, 3.63) is 0 Å². The molecule has 1 spiro atoms. The molecule has 0 bridgehead atoms. The lowest BCUT2D eigenvalue weighted by molar-refractivity contribution is -0.108. The number of likely N-dealkylation sites (tertiary alicyclic amines) is 1. The highest BCUT2D eigenvalue weighted by Crippen LogP contribution is 2.38. The third-order valence-electron chi connectivity index (χ3n) is 6.02. The normalized spacial score (nSPS) is 34.3. The summed E-state index contributed by atoms with van der Waals surface area (Å²) in [4.78, 5) is 14.6. The molecule has 3 aliphatic rings. The van der Waals surface area contributed by atoms with Gasteiger partial charge in [-0.15, -0.1) is 0 Å². The average Bonchev–Trinajstić information content (AvgIpc) is 2.56. The van der Waals surface area contributed by atoms with Crippen LogP contribution in [0, 0.1) is 0 Å². The van der Waals surface area contributed by atoms with Crippen LogP contribution in [0.3, 0.4) is 0 Å². The zero-order valence-electron chi connectivity index (χ0n) is 14.7. The Morgan fingerprint density at radius 3 is 2.74 bits per heavy atom. The fourth-order valence-electron chi connectivity index (χ4n) is 4.51. The Hall–Kier alpha value is -0.810. The SMILES string of the molecule is COC1(C)CCCN(C(=O)NC2CCOC3(CCCCC3)C2)C1. The number of nitrogens with zero attached hydrogens (tertiary/aromatic N) is 1. The quantitative estimate of drug-likeness (QED) is 0.849. The second-order valence-electron chi connectivity index (χ2n) is 7.91. The lowest BCUT2D eigenvalue weighted by Gasteiger charge is -2.44. The van der Waals surface area contributed by atoms with Crippen molar-refractivity contribution >= 4 is 6.03 Å². The Kier molecular flexibility index (Phi) is 5.16. The van der Waals surface area contributed by atoms with Crippen molar-refractivity contribution in [3.8, 4) is 0 Å². The smallest absolute Gasteiger partial charge is 0.317 e. The third kappa shape index (κ3) is 4.00. The van der Waals surface area contributed by atoms with Crippen LogP contribution < -0.4 is 5.32 Å². The van der Waals surface area contributed by atoms with Crippen LogP contribution in [0.1, 0.15) is 64.7 Å². The highest BCUT2D eigenvalue weighted by Gasteiger charge is 2.40. The predicted molar refractivity (Wildman–Crippen MR) is 89.5 cm³/mol. The molecule has 2 heterocycles. The predicted octanol–water partition coefficient (Wildman–Crippen LogP) is 3.08. The van der Waals surface area contributed by atoms with Gasteiger partial charge >= 0.3 is 6.03 Å². The van der Waals surface area contributed by atoms with E-state index in [-0.39, 0.29) is 23.3 Å². The van der Waals surface area contributed by atoms with Crippen molar-refractivity contribution in [2.45, 2.75) is 82.0 Å². The fourth-order valence-corrected chi connectivity index (χ4v) is 4.51. The number of methoxy groups -OCH3 is 1. The molecule has 3 fully saturated rings. The summed E-state index contributed by atoms with van der Waals surface area (Å²) in [5.74, 6) is 0. The molecule has 2 amide bonds.